The summed E-state index contributed by atoms with van der Waals surface area (Å²) in [6.07, 6.45) is 11.5. The molecule has 0 heterocycles. The van der Waals surface area contributed by atoms with Crippen LogP contribution in [0.25, 0.3) is 0 Å². The summed E-state index contributed by atoms with van der Waals surface area (Å²) in [5, 5.41) is 0. The van der Waals surface area contributed by atoms with Gasteiger partial charge in [-0.05, 0) is 155 Å². The molecule has 0 radical (unpaired) electrons. The van der Waals surface area contributed by atoms with Gasteiger partial charge >= 0.3 is 11.9 Å². The smallest absolute Gasteiger partial charge is 0.338 e. The van der Waals surface area contributed by atoms with Crippen LogP contribution in [0.5, 0.6) is 0 Å². The number of rotatable bonds is 6. The van der Waals surface area contributed by atoms with Crippen LogP contribution in [0.3, 0.4) is 0 Å². The van der Waals surface area contributed by atoms with Crippen LogP contribution < -0.4 is 0 Å². The number of carbonyl (C=O) groups excluding carboxylic acids is 2. The number of benzene rings is 2. The van der Waals surface area contributed by atoms with E-state index in [1.54, 1.807) is 0 Å². The van der Waals surface area contributed by atoms with Gasteiger partial charge in [0.1, 0.15) is 6.10 Å². The lowest BCUT2D eigenvalue weighted by atomic mass is 9.32. The lowest BCUT2D eigenvalue weighted by molar-refractivity contribution is -0.249. The zero-order valence-electron chi connectivity index (χ0n) is 32.2. The Hall–Kier alpha value is -2.88. The largest absolute Gasteiger partial charge is 0.461 e. The molecule has 5 aliphatic rings. The summed E-state index contributed by atoms with van der Waals surface area (Å²) < 4.78 is 12.6. The first-order valence-electron chi connectivity index (χ1n) is 19.7. The Morgan fingerprint density at radius 1 is 0.700 bits per heavy atom. The molecule has 0 saturated heterocycles. The Kier molecular flexibility index (Phi) is 8.79. The second kappa shape index (κ2) is 12.4. The van der Waals surface area contributed by atoms with Crippen LogP contribution in [0, 0.1) is 70.5 Å². The van der Waals surface area contributed by atoms with Crippen LogP contribution in [-0.4, -0.2) is 24.6 Å². The van der Waals surface area contributed by atoms with Crippen molar-refractivity contribution in [3.63, 3.8) is 0 Å². The third kappa shape index (κ3) is 5.35. The van der Waals surface area contributed by atoms with Crippen LogP contribution in [0.15, 0.2) is 60.7 Å². The molecule has 5 fully saturated rings. The van der Waals surface area contributed by atoms with Crippen molar-refractivity contribution < 1.29 is 19.1 Å². The molecule has 0 aliphatic heterocycles. The summed E-state index contributed by atoms with van der Waals surface area (Å²) in [7, 11) is 0. The van der Waals surface area contributed by atoms with E-state index >= 15 is 0 Å². The van der Waals surface area contributed by atoms with Crippen molar-refractivity contribution in [3.8, 4) is 0 Å². The SMILES string of the molecule is C=C(C)[C@@H]1CC[C@]2(COC(=O)c3ccc(C)cc3)CC[C@]3(C)[C@H](CC[C@@H]4[C@@]5(C)CC[C@H](OC(=O)c6ccc(C)cc6)C(C)(C)[C@@H]5CC[C@]43C)C12. The van der Waals surface area contributed by atoms with Crippen molar-refractivity contribution in [2.24, 2.45) is 56.7 Å². The van der Waals surface area contributed by atoms with Gasteiger partial charge in [-0.1, -0.05) is 82.2 Å². The van der Waals surface area contributed by atoms with Crippen LogP contribution in [0.4, 0.5) is 0 Å². The first-order chi connectivity index (χ1) is 23.6. The number of hydrogen-bond donors (Lipinski definition) is 0. The molecular formula is C46H62O4. The van der Waals surface area contributed by atoms with E-state index in [0.717, 1.165) is 43.2 Å². The van der Waals surface area contributed by atoms with Gasteiger partial charge < -0.3 is 9.47 Å². The molecule has 10 atom stereocenters. The van der Waals surface area contributed by atoms with E-state index in [9.17, 15) is 9.59 Å². The van der Waals surface area contributed by atoms with Gasteiger partial charge in [0.25, 0.3) is 0 Å². The molecule has 0 aromatic heterocycles. The topological polar surface area (TPSA) is 52.6 Å². The molecule has 2 aromatic carbocycles. The zero-order chi connectivity index (χ0) is 35.9. The summed E-state index contributed by atoms with van der Waals surface area (Å²) in [5.41, 5.74) is 5.51. The van der Waals surface area contributed by atoms with Gasteiger partial charge in [-0.25, -0.2) is 9.59 Å². The minimum atomic E-state index is -0.185. The Bertz CT molecular complexity index is 1640. The maximum atomic E-state index is 13.3. The molecule has 4 heteroatoms. The molecular weight excluding hydrogens is 617 g/mol. The molecule has 0 spiro atoms. The van der Waals surface area contributed by atoms with E-state index in [-0.39, 0.29) is 45.1 Å². The Morgan fingerprint density at radius 2 is 1.32 bits per heavy atom. The lowest BCUT2D eigenvalue weighted by Crippen LogP contribution is -2.67. The van der Waals surface area contributed by atoms with Crippen LogP contribution in [-0.2, 0) is 9.47 Å². The Labute approximate surface area is 302 Å². The highest BCUT2D eigenvalue weighted by molar-refractivity contribution is 5.90. The van der Waals surface area contributed by atoms with E-state index in [4.69, 9.17) is 9.47 Å². The normalized spacial score (nSPS) is 40.0. The minimum Gasteiger partial charge on any atom is -0.461 e. The predicted octanol–water partition coefficient (Wildman–Crippen LogP) is 11.3. The highest BCUT2D eigenvalue weighted by Crippen LogP contribution is 2.77. The van der Waals surface area contributed by atoms with Crippen LogP contribution in [0.1, 0.15) is 138 Å². The molecule has 50 heavy (non-hydrogen) atoms. The third-order valence-corrected chi connectivity index (χ3v) is 16.5. The standard InChI is InChI=1S/C46H62O4/c1-29(2)34-20-25-46(28-49-40(47)32-14-10-30(3)11-15-32)27-26-44(8)35(39(34)46)18-19-37-43(7)23-22-38(42(5,6)36(43)21-24-45(37,44)9)50-41(48)33-16-12-31(4)13-17-33/h10-17,34-39H,1,18-28H2,2-9H3/t34-,35+,36-,37+,38-,39?,43-,44+,45+,46+/m0/s1. The number of hydrogen-bond acceptors (Lipinski definition) is 4. The highest BCUT2D eigenvalue weighted by Gasteiger charge is 2.71. The number of aryl methyl sites for hydroxylation is 2. The summed E-state index contributed by atoms with van der Waals surface area (Å²) >= 11 is 0. The molecule has 5 aliphatic carbocycles. The molecule has 0 N–H and O–H groups in total. The van der Waals surface area contributed by atoms with Crippen molar-refractivity contribution in [1.82, 2.24) is 0 Å². The maximum absolute atomic E-state index is 13.3. The van der Waals surface area contributed by atoms with Gasteiger partial charge in [0, 0.05) is 10.8 Å². The van der Waals surface area contributed by atoms with E-state index in [2.05, 4.69) is 48.1 Å². The molecule has 5 saturated carbocycles. The van der Waals surface area contributed by atoms with Crippen LogP contribution in [0.2, 0.25) is 0 Å². The monoisotopic (exact) mass is 678 g/mol. The van der Waals surface area contributed by atoms with Crippen molar-refractivity contribution in [2.75, 3.05) is 6.61 Å². The average Bonchev–Trinajstić information content (AvgIpc) is 3.46. The molecule has 0 amide bonds. The third-order valence-electron chi connectivity index (χ3n) is 16.5. The number of fused-ring (bicyclic) bond motifs is 7. The van der Waals surface area contributed by atoms with Crippen molar-refractivity contribution in [3.05, 3.63) is 82.9 Å². The first kappa shape index (κ1) is 35.5. The molecule has 2 aromatic rings. The van der Waals surface area contributed by atoms with E-state index < -0.39 is 0 Å². The van der Waals surface area contributed by atoms with E-state index in [1.165, 1.54) is 37.7 Å². The van der Waals surface area contributed by atoms with Crippen molar-refractivity contribution >= 4 is 11.9 Å². The van der Waals surface area contributed by atoms with Gasteiger partial charge in [-0.3, -0.25) is 0 Å². The predicted molar refractivity (Wildman–Crippen MR) is 201 cm³/mol. The Balaban J connectivity index is 1.13. The lowest BCUT2D eigenvalue weighted by Gasteiger charge is -2.73. The quantitative estimate of drug-likeness (QED) is 0.225. The molecule has 4 nitrogen and oxygen atoms in total. The zero-order valence-corrected chi connectivity index (χ0v) is 32.2. The summed E-state index contributed by atoms with van der Waals surface area (Å²) in [6.45, 7) is 24.2. The highest BCUT2D eigenvalue weighted by atomic mass is 16.5. The fourth-order valence-corrected chi connectivity index (χ4v) is 13.6. The number of allylic oxidation sites excluding steroid dienone is 1. The van der Waals surface area contributed by atoms with Gasteiger partial charge in [-0.2, -0.15) is 0 Å². The average molecular weight is 679 g/mol. The second-order valence-corrected chi connectivity index (χ2v) is 19.1. The number of ether oxygens (including phenoxy) is 2. The molecule has 1 unspecified atom stereocenters. The summed E-state index contributed by atoms with van der Waals surface area (Å²) in [4.78, 5) is 26.6. The second-order valence-electron chi connectivity index (χ2n) is 19.1. The fraction of sp³-hybridized carbons (Fsp3) is 0.652. The van der Waals surface area contributed by atoms with Crippen molar-refractivity contribution in [1.29, 1.82) is 0 Å². The van der Waals surface area contributed by atoms with E-state index in [0.29, 0.717) is 47.3 Å². The van der Waals surface area contributed by atoms with Gasteiger partial charge in [0.2, 0.25) is 0 Å². The number of carbonyl (C=O) groups is 2. The van der Waals surface area contributed by atoms with Crippen LogP contribution >= 0.6 is 0 Å². The maximum Gasteiger partial charge on any atom is 0.338 e. The van der Waals surface area contributed by atoms with Gasteiger partial charge in [-0.15, -0.1) is 0 Å². The summed E-state index contributed by atoms with van der Waals surface area (Å²) in [5.74, 6) is 2.37. The number of esters is 2. The van der Waals surface area contributed by atoms with Gasteiger partial charge in [0.15, 0.2) is 0 Å². The van der Waals surface area contributed by atoms with Crippen molar-refractivity contribution in [2.45, 2.75) is 126 Å². The molecule has 270 valence electrons. The summed E-state index contributed by atoms with van der Waals surface area (Å²) in [6, 6.07) is 15.6. The molecule has 0 bridgehead atoms. The Morgan fingerprint density at radius 3 is 1.94 bits per heavy atom. The fourth-order valence-electron chi connectivity index (χ4n) is 13.6. The van der Waals surface area contributed by atoms with E-state index in [1.807, 2.05) is 62.4 Å². The minimum absolute atomic E-state index is 0.0276. The molecule has 7 rings (SSSR count). The van der Waals surface area contributed by atoms with Gasteiger partial charge in [0.05, 0.1) is 17.7 Å². The first-order valence-corrected chi connectivity index (χ1v) is 19.7.